The van der Waals surface area contributed by atoms with E-state index in [-0.39, 0.29) is 5.91 Å². The molecule has 2 aromatic heterocycles. The van der Waals surface area contributed by atoms with E-state index >= 15 is 0 Å². The average Bonchev–Trinajstić information content (AvgIpc) is 2.99. The Bertz CT molecular complexity index is 927. The van der Waals surface area contributed by atoms with E-state index in [1.165, 1.54) is 0 Å². The smallest absolute Gasteiger partial charge is 0.254 e. The molecule has 3 heterocycles. The van der Waals surface area contributed by atoms with Gasteiger partial charge in [0, 0.05) is 36.4 Å². The van der Waals surface area contributed by atoms with Crippen molar-refractivity contribution in [2.45, 2.75) is 13.8 Å². The predicted molar refractivity (Wildman–Crippen MR) is 92.9 cm³/mol. The summed E-state index contributed by atoms with van der Waals surface area (Å²) in [5.74, 6) is 0.514. The molecular formula is C18H19N5O2. The van der Waals surface area contributed by atoms with Crippen LogP contribution < -0.4 is 0 Å². The van der Waals surface area contributed by atoms with Crippen LogP contribution in [0.15, 0.2) is 30.6 Å². The van der Waals surface area contributed by atoms with Gasteiger partial charge in [0.15, 0.2) is 0 Å². The Morgan fingerprint density at radius 1 is 1.12 bits per heavy atom. The van der Waals surface area contributed by atoms with Gasteiger partial charge in [-0.1, -0.05) is 6.07 Å². The van der Waals surface area contributed by atoms with Gasteiger partial charge in [-0.25, -0.2) is 9.97 Å². The van der Waals surface area contributed by atoms with E-state index in [0.29, 0.717) is 37.8 Å². The summed E-state index contributed by atoms with van der Waals surface area (Å²) in [6.45, 7) is 6.29. The van der Waals surface area contributed by atoms with Crippen LogP contribution in [0.1, 0.15) is 21.6 Å². The number of hydrogen-bond acceptors (Lipinski definition) is 5. The van der Waals surface area contributed by atoms with Crippen molar-refractivity contribution in [2.24, 2.45) is 0 Å². The average molecular weight is 337 g/mol. The fraction of sp³-hybridized carbons (Fsp3) is 0.333. The van der Waals surface area contributed by atoms with E-state index < -0.39 is 0 Å². The first-order valence-electron chi connectivity index (χ1n) is 8.29. The molecule has 0 N–H and O–H groups in total. The molecule has 3 aromatic rings. The number of fused-ring (bicyclic) bond motifs is 1. The number of amides is 1. The molecule has 7 heteroatoms. The molecule has 1 saturated heterocycles. The van der Waals surface area contributed by atoms with Crippen molar-refractivity contribution in [2.75, 3.05) is 26.3 Å². The first-order valence-corrected chi connectivity index (χ1v) is 8.29. The number of morpholine rings is 1. The second kappa shape index (κ2) is 6.25. The van der Waals surface area contributed by atoms with Gasteiger partial charge in [0.2, 0.25) is 0 Å². The number of carbonyl (C=O) groups is 1. The number of rotatable bonds is 2. The summed E-state index contributed by atoms with van der Waals surface area (Å²) >= 11 is 0. The van der Waals surface area contributed by atoms with Crippen LogP contribution in [0.4, 0.5) is 0 Å². The monoisotopic (exact) mass is 337 g/mol. The maximum absolute atomic E-state index is 12.8. The van der Waals surface area contributed by atoms with Crippen LogP contribution in [0.3, 0.4) is 0 Å². The first kappa shape index (κ1) is 15.7. The van der Waals surface area contributed by atoms with E-state index in [9.17, 15) is 4.79 Å². The van der Waals surface area contributed by atoms with E-state index in [1.807, 2.05) is 36.9 Å². The van der Waals surface area contributed by atoms with Crippen molar-refractivity contribution in [3.8, 4) is 5.95 Å². The molecule has 0 spiro atoms. The molecule has 4 rings (SSSR count). The Kier molecular flexibility index (Phi) is 3.93. The fourth-order valence-corrected chi connectivity index (χ4v) is 3.00. The van der Waals surface area contributed by atoms with Crippen molar-refractivity contribution in [1.29, 1.82) is 0 Å². The molecule has 1 amide bonds. The lowest BCUT2D eigenvalue weighted by atomic mass is 10.1. The normalized spacial score (nSPS) is 14.9. The molecule has 0 bridgehead atoms. The number of aromatic nitrogens is 4. The minimum atomic E-state index is 0.0143. The Morgan fingerprint density at radius 2 is 1.84 bits per heavy atom. The molecule has 0 saturated carbocycles. The lowest BCUT2D eigenvalue weighted by Gasteiger charge is -2.26. The zero-order valence-corrected chi connectivity index (χ0v) is 14.3. The molecular weight excluding hydrogens is 318 g/mol. The van der Waals surface area contributed by atoms with Gasteiger partial charge in [-0.3, -0.25) is 4.79 Å². The van der Waals surface area contributed by atoms with E-state index in [0.717, 1.165) is 22.2 Å². The molecule has 1 aromatic carbocycles. The quantitative estimate of drug-likeness (QED) is 0.714. The van der Waals surface area contributed by atoms with Gasteiger partial charge >= 0.3 is 0 Å². The van der Waals surface area contributed by atoms with E-state index in [4.69, 9.17) is 4.74 Å². The van der Waals surface area contributed by atoms with Crippen molar-refractivity contribution in [3.63, 3.8) is 0 Å². The molecule has 1 fully saturated rings. The summed E-state index contributed by atoms with van der Waals surface area (Å²) < 4.78 is 7.02. The minimum Gasteiger partial charge on any atom is -0.378 e. The van der Waals surface area contributed by atoms with Crippen LogP contribution in [0.5, 0.6) is 0 Å². The molecule has 0 aliphatic carbocycles. The summed E-state index contributed by atoms with van der Waals surface area (Å²) in [7, 11) is 0. The van der Waals surface area contributed by atoms with Gasteiger partial charge in [0.1, 0.15) is 0 Å². The lowest BCUT2D eigenvalue weighted by Crippen LogP contribution is -2.40. The van der Waals surface area contributed by atoms with Crippen molar-refractivity contribution < 1.29 is 9.53 Å². The van der Waals surface area contributed by atoms with Gasteiger partial charge in [-0.15, -0.1) is 0 Å². The molecule has 25 heavy (non-hydrogen) atoms. The van der Waals surface area contributed by atoms with Crippen molar-refractivity contribution in [3.05, 3.63) is 47.4 Å². The predicted octanol–water partition coefficient (Wildman–Crippen LogP) is 1.90. The van der Waals surface area contributed by atoms with Gasteiger partial charge in [-0.05, 0) is 31.5 Å². The summed E-state index contributed by atoms with van der Waals surface area (Å²) in [4.78, 5) is 23.3. The van der Waals surface area contributed by atoms with Crippen LogP contribution in [0, 0.1) is 13.8 Å². The molecule has 0 radical (unpaired) electrons. The van der Waals surface area contributed by atoms with Crippen LogP contribution in [0.25, 0.3) is 16.9 Å². The van der Waals surface area contributed by atoms with Gasteiger partial charge in [-0.2, -0.15) is 9.78 Å². The van der Waals surface area contributed by atoms with Crippen LogP contribution in [-0.4, -0.2) is 56.9 Å². The number of carbonyl (C=O) groups excluding carboxylic acids is 1. The fourth-order valence-electron chi connectivity index (χ4n) is 3.00. The second-order valence-corrected chi connectivity index (χ2v) is 6.19. The number of nitrogens with zero attached hydrogens (tertiary/aromatic N) is 5. The van der Waals surface area contributed by atoms with Crippen LogP contribution in [-0.2, 0) is 4.74 Å². The highest BCUT2D eigenvalue weighted by molar-refractivity contribution is 5.98. The number of ether oxygens (including phenoxy) is 1. The topological polar surface area (TPSA) is 73.1 Å². The van der Waals surface area contributed by atoms with Crippen molar-refractivity contribution >= 4 is 16.8 Å². The third-order valence-corrected chi connectivity index (χ3v) is 4.37. The zero-order chi connectivity index (χ0) is 17.4. The molecule has 1 aliphatic rings. The number of hydrogen-bond donors (Lipinski definition) is 0. The minimum absolute atomic E-state index is 0.0143. The number of benzene rings is 1. The molecule has 0 unspecified atom stereocenters. The maximum Gasteiger partial charge on any atom is 0.254 e. The van der Waals surface area contributed by atoms with Crippen LogP contribution in [0.2, 0.25) is 0 Å². The lowest BCUT2D eigenvalue weighted by molar-refractivity contribution is 0.0303. The standard InChI is InChI=1S/C18H19N5O2/c1-12-10-19-18(20-11-12)23-16-9-14(3-4-15(16)13(2)21-23)17(24)22-5-7-25-8-6-22/h3-4,9-11H,5-8H2,1-2H3. The largest absolute Gasteiger partial charge is 0.378 e. The third-order valence-electron chi connectivity index (χ3n) is 4.37. The second-order valence-electron chi connectivity index (χ2n) is 6.19. The summed E-state index contributed by atoms with van der Waals surface area (Å²) in [6, 6.07) is 5.67. The van der Waals surface area contributed by atoms with Gasteiger partial charge < -0.3 is 9.64 Å². The van der Waals surface area contributed by atoms with E-state index in [2.05, 4.69) is 15.1 Å². The molecule has 7 nitrogen and oxygen atoms in total. The Balaban J connectivity index is 1.77. The Hall–Kier alpha value is -2.80. The van der Waals surface area contributed by atoms with E-state index in [1.54, 1.807) is 17.1 Å². The summed E-state index contributed by atoms with van der Waals surface area (Å²) in [5.41, 5.74) is 3.34. The molecule has 0 atom stereocenters. The maximum atomic E-state index is 12.8. The van der Waals surface area contributed by atoms with Gasteiger partial charge in [0.05, 0.1) is 24.4 Å². The number of aryl methyl sites for hydroxylation is 2. The first-order chi connectivity index (χ1) is 12.1. The molecule has 1 aliphatic heterocycles. The SMILES string of the molecule is Cc1cnc(-n2nc(C)c3ccc(C(=O)N4CCOCC4)cc32)nc1. The van der Waals surface area contributed by atoms with Crippen LogP contribution >= 0.6 is 0 Å². The third kappa shape index (κ3) is 2.87. The Morgan fingerprint density at radius 3 is 2.56 bits per heavy atom. The summed E-state index contributed by atoms with van der Waals surface area (Å²) in [6.07, 6.45) is 3.52. The zero-order valence-electron chi connectivity index (χ0n) is 14.3. The summed E-state index contributed by atoms with van der Waals surface area (Å²) in [5, 5.41) is 5.54. The highest BCUT2D eigenvalue weighted by Crippen LogP contribution is 2.22. The van der Waals surface area contributed by atoms with Crippen molar-refractivity contribution in [1.82, 2.24) is 24.6 Å². The molecule has 128 valence electrons. The van der Waals surface area contributed by atoms with Gasteiger partial charge in [0.25, 0.3) is 11.9 Å². The highest BCUT2D eigenvalue weighted by Gasteiger charge is 2.20. The highest BCUT2D eigenvalue weighted by atomic mass is 16.5. The Labute approximate surface area is 145 Å².